The Kier molecular flexibility index (Phi) is 5.36. The van der Waals surface area contributed by atoms with Crippen molar-refractivity contribution in [3.05, 3.63) is 35.6 Å². The summed E-state index contributed by atoms with van der Waals surface area (Å²) in [6, 6.07) is 7.51. The first-order valence-electron chi connectivity index (χ1n) is 7.81. The largest absolute Gasteiger partial charge is 0.329 e. The van der Waals surface area contributed by atoms with Gasteiger partial charge in [0, 0.05) is 24.7 Å². The lowest BCUT2D eigenvalue weighted by molar-refractivity contribution is 0.0483. The topological polar surface area (TPSA) is 32.5 Å². The highest BCUT2D eigenvalue weighted by atomic mass is 19.1. The number of halogens is 1. The van der Waals surface area contributed by atoms with Gasteiger partial charge < -0.3 is 10.6 Å². The van der Waals surface area contributed by atoms with E-state index >= 15 is 0 Å². The van der Waals surface area contributed by atoms with Crippen molar-refractivity contribution in [3.8, 4) is 0 Å². The minimum Gasteiger partial charge on any atom is -0.329 e. The van der Waals surface area contributed by atoms with E-state index in [2.05, 4.69) is 30.8 Å². The minimum atomic E-state index is -0.217. The molecule has 0 saturated carbocycles. The number of piperidine rings is 1. The zero-order valence-corrected chi connectivity index (χ0v) is 13.5. The van der Waals surface area contributed by atoms with Crippen molar-refractivity contribution < 1.29 is 4.39 Å². The van der Waals surface area contributed by atoms with E-state index in [1.165, 1.54) is 18.9 Å². The van der Waals surface area contributed by atoms with Crippen LogP contribution in [-0.4, -0.2) is 55.1 Å². The average molecular weight is 293 g/mol. The lowest BCUT2D eigenvalue weighted by atomic mass is 9.88. The zero-order chi connectivity index (χ0) is 15.5. The fraction of sp³-hybridized carbons (Fsp3) is 0.647. The van der Waals surface area contributed by atoms with Gasteiger partial charge in [0.25, 0.3) is 0 Å². The molecule has 0 spiro atoms. The van der Waals surface area contributed by atoms with Crippen LogP contribution in [0.3, 0.4) is 0 Å². The Morgan fingerprint density at radius 2 is 2.14 bits per heavy atom. The van der Waals surface area contributed by atoms with E-state index in [9.17, 15) is 4.39 Å². The number of nitrogens with two attached hydrogens (primary N) is 1. The summed E-state index contributed by atoms with van der Waals surface area (Å²) < 4.78 is 14.0. The van der Waals surface area contributed by atoms with Crippen LogP contribution >= 0.6 is 0 Å². The molecular weight excluding hydrogens is 265 g/mol. The van der Waals surface area contributed by atoms with Gasteiger partial charge in [0.15, 0.2) is 0 Å². The van der Waals surface area contributed by atoms with Gasteiger partial charge >= 0.3 is 0 Å². The molecule has 2 rings (SSSR count). The summed E-state index contributed by atoms with van der Waals surface area (Å²) in [6.07, 6.45) is 3.05. The predicted octanol–water partition coefficient (Wildman–Crippen LogP) is 2.11. The van der Waals surface area contributed by atoms with Crippen LogP contribution in [0.25, 0.3) is 0 Å². The maximum atomic E-state index is 14.0. The van der Waals surface area contributed by atoms with Crippen molar-refractivity contribution in [1.29, 1.82) is 0 Å². The Morgan fingerprint density at radius 1 is 1.43 bits per heavy atom. The van der Waals surface area contributed by atoms with E-state index in [1.807, 2.05) is 12.1 Å². The molecule has 1 aliphatic heterocycles. The number of nitrogens with zero attached hydrogens (tertiary/aromatic N) is 2. The van der Waals surface area contributed by atoms with Crippen molar-refractivity contribution >= 4 is 0 Å². The third-order valence-corrected chi connectivity index (χ3v) is 4.97. The number of likely N-dealkylation sites (tertiary alicyclic amines) is 1. The third kappa shape index (κ3) is 3.82. The summed E-state index contributed by atoms with van der Waals surface area (Å²) in [5.41, 5.74) is 6.60. The molecule has 0 radical (unpaired) electrons. The number of likely N-dealkylation sites (N-methyl/N-ethyl adjacent to an activating group) is 2. The van der Waals surface area contributed by atoms with E-state index in [1.54, 1.807) is 6.07 Å². The molecule has 1 fully saturated rings. The second-order valence-corrected chi connectivity index (χ2v) is 6.64. The van der Waals surface area contributed by atoms with Gasteiger partial charge in [0.2, 0.25) is 0 Å². The maximum absolute atomic E-state index is 14.0. The number of benzene rings is 1. The van der Waals surface area contributed by atoms with Gasteiger partial charge in [-0.15, -0.1) is 0 Å². The van der Waals surface area contributed by atoms with Crippen molar-refractivity contribution in [3.63, 3.8) is 0 Å². The molecule has 118 valence electrons. The van der Waals surface area contributed by atoms with Crippen molar-refractivity contribution in [2.24, 2.45) is 5.73 Å². The van der Waals surface area contributed by atoms with Gasteiger partial charge in [-0.2, -0.15) is 0 Å². The Bertz CT molecular complexity index is 465. The Hall–Kier alpha value is -0.970. The lowest BCUT2D eigenvalue weighted by Crippen LogP contribution is -2.58. The molecule has 1 aromatic carbocycles. The second-order valence-electron chi connectivity index (χ2n) is 6.64. The first-order chi connectivity index (χ1) is 9.96. The molecule has 4 heteroatoms. The van der Waals surface area contributed by atoms with Crippen LogP contribution in [0.4, 0.5) is 4.39 Å². The molecule has 0 aromatic heterocycles. The SMILES string of the molecule is CN1CCCC(N(C)C(C)(CN)Cc2ccccc2F)C1. The van der Waals surface area contributed by atoms with Crippen molar-refractivity contribution in [1.82, 2.24) is 9.80 Å². The van der Waals surface area contributed by atoms with Crippen molar-refractivity contribution in [2.75, 3.05) is 33.7 Å². The molecule has 2 unspecified atom stereocenters. The Labute approximate surface area is 127 Å². The van der Waals surface area contributed by atoms with Crippen LogP contribution in [0.15, 0.2) is 24.3 Å². The molecule has 0 amide bonds. The molecular formula is C17H28FN3. The van der Waals surface area contributed by atoms with E-state index in [0.717, 1.165) is 18.7 Å². The molecule has 1 heterocycles. The van der Waals surface area contributed by atoms with Crippen LogP contribution in [0.5, 0.6) is 0 Å². The first kappa shape index (κ1) is 16.4. The molecule has 0 aliphatic carbocycles. The summed E-state index contributed by atoms with van der Waals surface area (Å²) in [6.45, 7) is 4.90. The summed E-state index contributed by atoms with van der Waals surface area (Å²) >= 11 is 0. The lowest BCUT2D eigenvalue weighted by Gasteiger charge is -2.46. The van der Waals surface area contributed by atoms with Crippen LogP contribution in [0, 0.1) is 5.82 Å². The third-order valence-electron chi connectivity index (χ3n) is 4.97. The first-order valence-corrected chi connectivity index (χ1v) is 7.81. The highest BCUT2D eigenvalue weighted by Crippen LogP contribution is 2.26. The van der Waals surface area contributed by atoms with Gasteiger partial charge in [0.05, 0.1) is 0 Å². The smallest absolute Gasteiger partial charge is 0.126 e. The van der Waals surface area contributed by atoms with Gasteiger partial charge in [-0.05, 0) is 58.5 Å². The molecule has 21 heavy (non-hydrogen) atoms. The van der Waals surface area contributed by atoms with Gasteiger partial charge in [-0.25, -0.2) is 4.39 Å². The summed E-state index contributed by atoms with van der Waals surface area (Å²) in [5, 5.41) is 0. The van der Waals surface area contributed by atoms with Gasteiger partial charge in [-0.1, -0.05) is 18.2 Å². The van der Waals surface area contributed by atoms with E-state index in [0.29, 0.717) is 19.0 Å². The van der Waals surface area contributed by atoms with Gasteiger partial charge in [-0.3, -0.25) is 4.90 Å². The normalized spacial score (nSPS) is 23.2. The van der Waals surface area contributed by atoms with E-state index in [4.69, 9.17) is 5.73 Å². The van der Waals surface area contributed by atoms with Gasteiger partial charge in [0.1, 0.15) is 5.82 Å². The maximum Gasteiger partial charge on any atom is 0.126 e. The monoisotopic (exact) mass is 293 g/mol. The fourth-order valence-electron chi connectivity index (χ4n) is 3.29. The van der Waals surface area contributed by atoms with E-state index in [-0.39, 0.29) is 11.4 Å². The second kappa shape index (κ2) is 6.86. The quantitative estimate of drug-likeness (QED) is 0.902. The Morgan fingerprint density at radius 3 is 2.76 bits per heavy atom. The molecule has 2 atom stereocenters. The fourth-order valence-corrected chi connectivity index (χ4v) is 3.29. The molecule has 1 aliphatic rings. The molecule has 1 aromatic rings. The molecule has 0 bridgehead atoms. The van der Waals surface area contributed by atoms with Crippen molar-refractivity contribution in [2.45, 2.75) is 37.8 Å². The highest BCUT2D eigenvalue weighted by molar-refractivity contribution is 5.20. The standard InChI is InChI=1S/C17H28FN3/c1-17(13-19,11-14-7-4-5-9-16(14)18)21(3)15-8-6-10-20(2)12-15/h4-5,7,9,15H,6,8,10-13,19H2,1-3H3. The molecule has 1 saturated heterocycles. The summed E-state index contributed by atoms with van der Waals surface area (Å²) in [4.78, 5) is 4.74. The number of hydrogen-bond acceptors (Lipinski definition) is 3. The number of hydrogen-bond donors (Lipinski definition) is 1. The van der Waals surface area contributed by atoms with Crippen LogP contribution in [0.2, 0.25) is 0 Å². The van der Waals surface area contributed by atoms with Crippen LogP contribution in [-0.2, 0) is 6.42 Å². The van der Waals surface area contributed by atoms with Crippen LogP contribution in [0.1, 0.15) is 25.3 Å². The highest BCUT2D eigenvalue weighted by Gasteiger charge is 2.34. The van der Waals surface area contributed by atoms with Crippen LogP contribution < -0.4 is 5.73 Å². The predicted molar refractivity (Wildman–Crippen MR) is 85.8 cm³/mol. The zero-order valence-electron chi connectivity index (χ0n) is 13.5. The molecule has 3 nitrogen and oxygen atoms in total. The summed E-state index contributed by atoms with van der Waals surface area (Å²) in [5.74, 6) is -0.133. The molecule has 2 N–H and O–H groups in total. The summed E-state index contributed by atoms with van der Waals surface area (Å²) in [7, 11) is 4.30. The Balaban J connectivity index is 2.14. The average Bonchev–Trinajstić information content (AvgIpc) is 2.48. The minimum absolute atomic E-state index is 0.133. The van der Waals surface area contributed by atoms with E-state index < -0.39 is 0 Å². The number of rotatable bonds is 5.